The molecule has 0 aliphatic carbocycles. The number of nitrogen functional groups attached to an aromatic ring is 1. The fourth-order valence-electron chi connectivity index (χ4n) is 3.41. The number of aromatic nitrogens is 4. The lowest BCUT2D eigenvalue weighted by molar-refractivity contribution is 0.413. The van der Waals surface area contributed by atoms with Crippen molar-refractivity contribution in [3.63, 3.8) is 0 Å². The van der Waals surface area contributed by atoms with Crippen LogP contribution in [0.2, 0.25) is 0 Å². The molecule has 1 aromatic carbocycles. The standard InChI is InChI=1S/C23H23N5OS/c1-14(2)21(22-26-13-20(30-22)18-10-27-23(24)28-11-18)16-6-4-15(5-7-16)17-8-19(29-3)12-25-9-17/h4-14,21H,1-3H3,(H2,24,27,28). The summed E-state index contributed by atoms with van der Waals surface area (Å²) in [5, 5.41) is 1.08. The molecule has 1 atom stereocenters. The second-order valence-corrected chi connectivity index (χ2v) is 8.41. The number of anilines is 1. The van der Waals surface area contributed by atoms with Gasteiger partial charge in [-0.25, -0.2) is 15.0 Å². The molecule has 4 rings (SSSR count). The zero-order valence-corrected chi connectivity index (χ0v) is 17.9. The second kappa shape index (κ2) is 8.59. The van der Waals surface area contributed by atoms with Crippen LogP contribution in [0.25, 0.3) is 21.6 Å². The van der Waals surface area contributed by atoms with Crippen molar-refractivity contribution in [2.45, 2.75) is 19.8 Å². The topological polar surface area (TPSA) is 86.8 Å². The van der Waals surface area contributed by atoms with E-state index >= 15 is 0 Å². The number of thiazole rings is 1. The molecule has 0 spiro atoms. The normalized spacial score (nSPS) is 12.1. The maximum atomic E-state index is 5.60. The van der Waals surface area contributed by atoms with Crippen molar-refractivity contribution in [2.24, 2.45) is 5.92 Å². The quantitative estimate of drug-likeness (QED) is 0.473. The molecule has 7 heteroatoms. The van der Waals surface area contributed by atoms with Crippen LogP contribution in [0.3, 0.4) is 0 Å². The van der Waals surface area contributed by atoms with Gasteiger partial charge < -0.3 is 10.5 Å². The van der Waals surface area contributed by atoms with Crippen LogP contribution in [-0.2, 0) is 0 Å². The summed E-state index contributed by atoms with van der Waals surface area (Å²) in [6, 6.07) is 10.6. The maximum absolute atomic E-state index is 5.60. The summed E-state index contributed by atoms with van der Waals surface area (Å²) in [4.78, 5) is 18.2. The van der Waals surface area contributed by atoms with E-state index < -0.39 is 0 Å². The lowest BCUT2D eigenvalue weighted by atomic mass is 9.88. The lowest BCUT2D eigenvalue weighted by Gasteiger charge is -2.19. The Balaban J connectivity index is 1.63. The minimum Gasteiger partial charge on any atom is -0.495 e. The monoisotopic (exact) mass is 417 g/mol. The molecule has 152 valence electrons. The summed E-state index contributed by atoms with van der Waals surface area (Å²) in [5.41, 5.74) is 9.89. The first-order valence-corrected chi connectivity index (χ1v) is 10.5. The minimum absolute atomic E-state index is 0.205. The van der Waals surface area contributed by atoms with Crippen molar-refractivity contribution in [2.75, 3.05) is 12.8 Å². The Kier molecular flexibility index (Phi) is 5.72. The third-order valence-electron chi connectivity index (χ3n) is 4.96. The number of ether oxygens (including phenoxy) is 1. The zero-order chi connectivity index (χ0) is 21.1. The lowest BCUT2D eigenvalue weighted by Crippen LogP contribution is -2.08. The van der Waals surface area contributed by atoms with Crippen molar-refractivity contribution < 1.29 is 4.74 Å². The van der Waals surface area contributed by atoms with Gasteiger partial charge in [-0.2, -0.15) is 0 Å². The van der Waals surface area contributed by atoms with Crippen LogP contribution in [0.1, 0.15) is 30.3 Å². The maximum Gasteiger partial charge on any atom is 0.219 e. The fourth-order valence-corrected chi connectivity index (χ4v) is 4.61. The average molecular weight is 418 g/mol. The molecule has 6 nitrogen and oxygen atoms in total. The molecule has 4 aromatic rings. The van der Waals surface area contributed by atoms with E-state index in [0.717, 1.165) is 32.3 Å². The van der Waals surface area contributed by atoms with E-state index in [0.29, 0.717) is 5.92 Å². The first kappa shape index (κ1) is 20.0. The van der Waals surface area contributed by atoms with Gasteiger partial charge in [-0.05, 0) is 23.1 Å². The smallest absolute Gasteiger partial charge is 0.219 e. The molecule has 1 unspecified atom stereocenters. The zero-order valence-electron chi connectivity index (χ0n) is 17.1. The van der Waals surface area contributed by atoms with Gasteiger partial charge in [0.2, 0.25) is 5.95 Å². The van der Waals surface area contributed by atoms with E-state index in [2.05, 4.69) is 53.1 Å². The summed E-state index contributed by atoms with van der Waals surface area (Å²) in [5.74, 6) is 1.63. The van der Waals surface area contributed by atoms with Gasteiger partial charge in [0.25, 0.3) is 0 Å². The van der Waals surface area contributed by atoms with Crippen LogP contribution < -0.4 is 10.5 Å². The molecule has 3 heterocycles. The molecule has 0 aliphatic heterocycles. The molecule has 0 saturated carbocycles. The molecule has 0 bridgehead atoms. The largest absolute Gasteiger partial charge is 0.495 e. The Morgan fingerprint density at radius 2 is 1.60 bits per heavy atom. The molecular weight excluding hydrogens is 394 g/mol. The van der Waals surface area contributed by atoms with Crippen molar-refractivity contribution >= 4 is 17.3 Å². The van der Waals surface area contributed by atoms with E-state index in [-0.39, 0.29) is 11.9 Å². The molecule has 0 saturated heterocycles. The highest BCUT2D eigenvalue weighted by Gasteiger charge is 2.22. The van der Waals surface area contributed by atoms with E-state index in [9.17, 15) is 0 Å². The summed E-state index contributed by atoms with van der Waals surface area (Å²) in [6.07, 6.45) is 8.92. The van der Waals surface area contributed by atoms with Gasteiger partial charge >= 0.3 is 0 Å². The Morgan fingerprint density at radius 1 is 0.867 bits per heavy atom. The first-order valence-electron chi connectivity index (χ1n) is 9.68. The number of rotatable bonds is 6. The number of benzene rings is 1. The average Bonchev–Trinajstić information content (AvgIpc) is 3.24. The summed E-state index contributed by atoms with van der Waals surface area (Å²) >= 11 is 1.67. The van der Waals surface area contributed by atoms with Gasteiger partial charge in [0, 0.05) is 41.8 Å². The van der Waals surface area contributed by atoms with Crippen molar-refractivity contribution in [1.29, 1.82) is 0 Å². The van der Waals surface area contributed by atoms with Gasteiger partial charge in [-0.1, -0.05) is 38.1 Å². The SMILES string of the molecule is COc1cncc(-c2ccc(C(c3ncc(-c4cnc(N)nc4)s3)C(C)C)cc2)c1. The van der Waals surface area contributed by atoms with Gasteiger partial charge in [0.15, 0.2) is 0 Å². The highest BCUT2D eigenvalue weighted by atomic mass is 32.1. The van der Waals surface area contributed by atoms with E-state index in [1.807, 2.05) is 18.5 Å². The summed E-state index contributed by atoms with van der Waals surface area (Å²) < 4.78 is 5.29. The van der Waals surface area contributed by atoms with Crippen LogP contribution in [0.5, 0.6) is 5.75 Å². The predicted octanol–water partition coefficient (Wildman–Crippen LogP) is 5.04. The minimum atomic E-state index is 0.205. The Bertz CT molecular complexity index is 1120. The predicted molar refractivity (Wildman–Crippen MR) is 120 cm³/mol. The molecule has 0 radical (unpaired) electrons. The van der Waals surface area contributed by atoms with Crippen molar-refractivity contribution in [3.8, 4) is 27.3 Å². The van der Waals surface area contributed by atoms with Crippen LogP contribution in [-0.4, -0.2) is 27.0 Å². The number of hydrogen-bond acceptors (Lipinski definition) is 7. The molecule has 2 N–H and O–H groups in total. The highest BCUT2D eigenvalue weighted by molar-refractivity contribution is 7.15. The van der Waals surface area contributed by atoms with Crippen molar-refractivity contribution in [3.05, 3.63) is 71.9 Å². The van der Waals surface area contributed by atoms with Gasteiger partial charge in [-0.15, -0.1) is 11.3 Å². The van der Waals surface area contributed by atoms with E-state index in [4.69, 9.17) is 15.5 Å². The fraction of sp³-hybridized carbons (Fsp3) is 0.217. The Morgan fingerprint density at radius 3 is 2.27 bits per heavy atom. The Hall–Kier alpha value is -3.32. The van der Waals surface area contributed by atoms with Crippen LogP contribution >= 0.6 is 11.3 Å². The number of hydrogen-bond donors (Lipinski definition) is 1. The van der Waals surface area contributed by atoms with Crippen LogP contribution in [0, 0.1) is 5.92 Å². The second-order valence-electron chi connectivity index (χ2n) is 7.35. The highest BCUT2D eigenvalue weighted by Crippen LogP contribution is 2.38. The summed E-state index contributed by atoms with van der Waals surface area (Å²) in [7, 11) is 1.65. The molecule has 0 amide bonds. The number of nitrogens with two attached hydrogens (primary N) is 1. The number of nitrogens with zero attached hydrogens (tertiary/aromatic N) is 4. The molecular formula is C23H23N5OS. The van der Waals surface area contributed by atoms with Crippen LogP contribution in [0.4, 0.5) is 5.95 Å². The van der Waals surface area contributed by atoms with Gasteiger partial charge in [0.1, 0.15) is 10.8 Å². The molecule has 3 aromatic heterocycles. The number of pyridine rings is 1. The van der Waals surface area contributed by atoms with Crippen LogP contribution in [0.15, 0.2) is 61.3 Å². The molecule has 30 heavy (non-hydrogen) atoms. The number of methoxy groups -OCH3 is 1. The van der Waals surface area contributed by atoms with E-state index in [1.165, 1.54) is 5.56 Å². The third kappa shape index (κ3) is 4.16. The van der Waals surface area contributed by atoms with Gasteiger partial charge in [-0.3, -0.25) is 4.98 Å². The molecule has 0 fully saturated rings. The van der Waals surface area contributed by atoms with Crippen molar-refractivity contribution in [1.82, 2.24) is 19.9 Å². The molecule has 0 aliphatic rings. The third-order valence-corrected chi connectivity index (χ3v) is 6.09. The van der Waals surface area contributed by atoms with Gasteiger partial charge in [0.05, 0.1) is 18.2 Å². The summed E-state index contributed by atoms with van der Waals surface area (Å²) in [6.45, 7) is 4.44. The first-order chi connectivity index (χ1) is 14.5. The van der Waals surface area contributed by atoms with E-state index in [1.54, 1.807) is 37.0 Å². The Labute approximate surface area is 179 Å².